The number of nitrogens with zero attached hydrogens (tertiary/aromatic N) is 3. The lowest BCUT2D eigenvalue weighted by Crippen LogP contribution is -2.24. The van der Waals surface area contributed by atoms with Gasteiger partial charge >= 0.3 is 6.18 Å². The van der Waals surface area contributed by atoms with Gasteiger partial charge in [-0.25, -0.2) is 0 Å². The molecule has 1 atom stereocenters. The molecule has 2 rings (SSSR count). The largest absolute Gasteiger partial charge is 0.391 e. The standard InChI is InChI=1S/C12H17F3N6/c1-3-4-16-11-19-9(8-6-17-21-10(8)20-11)18-7(2)5-12(13,14)15/h6-7H,3-5H2,1-2H3,(H3,16,17,18,19,20,21). The minimum Gasteiger partial charge on any atom is -0.366 e. The Kier molecular flexibility index (Phi) is 4.49. The molecule has 0 aromatic carbocycles. The second-order valence-corrected chi connectivity index (χ2v) is 4.82. The zero-order valence-electron chi connectivity index (χ0n) is 11.8. The lowest BCUT2D eigenvalue weighted by Gasteiger charge is -2.17. The summed E-state index contributed by atoms with van der Waals surface area (Å²) in [5, 5.41) is 12.9. The van der Waals surface area contributed by atoms with Gasteiger partial charge in [-0.15, -0.1) is 0 Å². The second-order valence-electron chi connectivity index (χ2n) is 4.82. The van der Waals surface area contributed by atoms with E-state index in [2.05, 4.69) is 30.8 Å². The molecule has 0 radical (unpaired) electrons. The fourth-order valence-electron chi connectivity index (χ4n) is 1.89. The Morgan fingerprint density at radius 2 is 2.10 bits per heavy atom. The van der Waals surface area contributed by atoms with Crippen molar-refractivity contribution in [2.75, 3.05) is 17.2 Å². The highest BCUT2D eigenvalue weighted by molar-refractivity contribution is 5.87. The molecule has 0 aliphatic rings. The summed E-state index contributed by atoms with van der Waals surface area (Å²) in [5.74, 6) is 0.694. The first kappa shape index (κ1) is 15.3. The van der Waals surface area contributed by atoms with E-state index in [1.807, 2.05) is 6.92 Å². The Balaban J connectivity index is 2.22. The lowest BCUT2D eigenvalue weighted by molar-refractivity contribution is -0.136. The molecule has 2 aromatic heterocycles. The molecule has 21 heavy (non-hydrogen) atoms. The van der Waals surface area contributed by atoms with Gasteiger partial charge in [-0.1, -0.05) is 6.92 Å². The third-order valence-electron chi connectivity index (χ3n) is 2.76. The molecule has 0 bridgehead atoms. The van der Waals surface area contributed by atoms with Crippen molar-refractivity contribution >= 4 is 22.8 Å². The summed E-state index contributed by atoms with van der Waals surface area (Å²) >= 11 is 0. The number of H-pyrrole nitrogens is 1. The number of alkyl halides is 3. The minimum atomic E-state index is -4.22. The minimum absolute atomic E-state index is 0.337. The van der Waals surface area contributed by atoms with Gasteiger partial charge < -0.3 is 10.6 Å². The number of hydrogen-bond donors (Lipinski definition) is 3. The highest BCUT2D eigenvalue weighted by atomic mass is 19.4. The van der Waals surface area contributed by atoms with Crippen molar-refractivity contribution in [1.82, 2.24) is 20.2 Å². The molecule has 0 amide bonds. The van der Waals surface area contributed by atoms with Gasteiger partial charge in [-0.05, 0) is 13.3 Å². The summed E-state index contributed by atoms with van der Waals surface area (Å²) in [6, 6.07) is -0.794. The molecule has 0 spiro atoms. The SMILES string of the molecule is CCCNc1nc(NC(C)CC(F)(F)F)c2cn[nH]c2n1. The van der Waals surface area contributed by atoms with Crippen molar-refractivity contribution in [3.8, 4) is 0 Å². The maximum atomic E-state index is 12.4. The molecule has 2 heterocycles. The van der Waals surface area contributed by atoms with E-state index in [0.717, 1.165) is 6.42 Å². The molecule has 2 aromatic rings. The Hall–Kier alpha value is -2.06. The van der Waals surface area contributed by atoms with Crippen molar-refractivity contribution in [3.05, 3.63) is 6.20 Å². The fraction of sp³-hybridized carbons (Fsp3) is 0.583. The molecule has 6 nitrogen and oxygen atoms in total. The summed E-state index contributed by atoms with van der Waals surface area (Å²) in [6.45, 7) is 4.13. The Bertz CT molecular complexity index is 594. The molecule has 0 saturated heterocycles. The maximum Gasteiger partial charge on any atom is 0.391 e. The number of fused-ring (bicyclic) bond motifs is 1. The predicted molar refractivity (Wildman–Crippen MR) is 74.2 cm³/mol. The van der Waals surface area contributed by atoms with Gasteiger partial charge in [-0.2, -0.15) is 28.2 Å². The second kappa shape index (κ2) is 6.15. The van der Waals surface area contributed by atoms with Crippen LogP contribution in [0.1, 0.15) is 26.7 Å². The third kappa shape index (κ3) is 4.20. The number of hydrogen-bond acceptors (Lipinski definition) is 5. The maximum absolute atomic E-state index is 12.4. The highest BCUT2D eigenvalue weighted by Crippen LogP contribution is 2.25. The molecule has 0 saturated carbocycles. The number of aromatic amines is 1. The van der Waals surface area contributed by atoms with Crippen LogP contribution in [-0.4, -0.2) is 38.9 Å². The van der Waals surface area contributed by atoms with Crippen LogP contribution in [0.15, 0.2) is 6.20 Å². The number of aromatic nitrogens is 4. The van der Waals surface area contributed by atoms with Crippen LogP contribution < -0.4 is 10.6 Å². The number of halogens is 3. The van der Waals surface area contributed by atoms with Crippen molar-refractivity contribution in [2.24, 2.45) is 0 Å². The molecule has 0 aliphatic carbocycles. The predicted octanol–water partition coefficient (Wildman–Crippen LogP) is 2.93. The van der Waals surface area contributed by atoms with Crippen LogP contribution in [-0.2, 0) is 0 Å². The van der Waals surface area contributed by atoms with Gasteiger partial charge in [0.1, 0.15) is 5.82 Å². The zero-order valence-corrected chi connectivity index (χ0v) is 11.8. The van der Waals surface area contributed by atoms with Crippen molar-refractivity contribution in [2.45, 2.75) is 38.9 Å². The number of rotatable bonds is 6. The summed E-state index contributed by atoms with van der Waals surface area (Å²) in [5.41, 5.74) is 0.477. The average Bonchev–Trinajstić information content (AvgIpc) is 2.82. The van der Waals surface area contributed by atoms with E-state index in [1.54, 1.807) is 0 Å². The average molecular weight is 302 g/mol. The molecule has 0 fully saturated rings. The van der Waals surface area contributed by atoms with Crippen LogP contribution in [0.2, 0.25) is 0 Å². The van der Waals surface area contributed by atoms with Crippen LogP contribution in [0.5, 0.6) is 0 Å². The molecule has 3 N–H and O–H groups in total. The topological polar surface area (TPSA) is 78.5 Å². The summed E-state index contributed by atoms with van der Waals surface area (Å²) < 4.78 is 37.2. The number of anilines is 2. The zero-order chi connectivity index (χ0) is 15.5. The van der Waals surface area contributed by atoms with Gasteiger partial charge in [0.05, 0.1) is 18.0 Å². The Labute approximate surface area is 119 Å². The summed E-state index contributed by atoms with van der Waals surface area (Å²) in [6.07, 6.45) is -2.79. The monoisotopic (exact) mass is 302 g/mol. The molecule has 1 unspecified atom stereocenters. The highest BCUT2D eigenvalue weighted by Gasteiger charge is 2.30. The normalized spacial score (nSPS) is 13.4. The van der Waals surface area contributed by atoms with Crippen LogP contribution in [0.3, 0.4) is 0 Å². The lowest BCUT2D eigenvalue weighted by atomic mass is 10.2. The summed E-state index contributed by atoms with van der Waals surface area (Å²) in [4.78, 5) is 8.43. The van der Waals surface area contributed by atoms with Crippen LogP contribution in [0.4, 0.5) is 24.9 Å². The van der Waals surface area contributed by atoms with Crippen molar-refractivity contribution in [1.29, 1.82) is 0 Å². The van der Waals surface area contributed by atoms with E-state index in [1.165, 1.54) is 13.1 Å². The molecular weight excluding hydrogens is 285 g/mol. The van der Waals surface area contributed by atoms with Crippen LogP contribution in [0, 0.1) is 0 Å². The van der Waals surface area contributed by atoms with Gasteiger partial charge in [0.25, 0.3) is 0 Å². The molecule has 0 aliphatic heterocycles. The fourth-order valence-corrected chi connectivity index (χ4v) is 1.89. The Morgan fingerprint density at radius 1 is 1.33 bits per heavy atom. The molecular formula is C12H17F3N6. The van der Waals surface area contributed by atoms with E-state index >= 15 is 0 Å². The van der Waals surface area contributed by atoms with E-state index < -0.39 is 18.6 Å². The van der Waals surface area contributed by atoms with E-state index in [9.17, 15) is 13.2 Å². The number of nitrogens with one attached hydrogen (secondary N) is 3. The third-order valence-corrected chi connectivity index (χ3v) is 2.76. The quantitative estimate of drug-likeness (QED) is 0.764. The van der Waals surface area contributed by atoms with E-state index in [0.29, 0.717) is 29.3 Å². The van der Waals surface area contributed by atoms with Gasteiger partial charge in [0.2, 0.25) is 5.95 Å². The van der Waals surface area contributed by atoms with E-state index in [-0.39, 0.29) is 0 Å². The first-order chi connectivity index (χ1) is 9.89. The Morgan fingerprint density at radius 3 is 2.76 bits per heavy atom. The van der Waals surface area contributed by atoms with Crippen molar-refractivity contribution < 1.29 is 13.2 Å². The summed E-state index contributed by atoms with van der Waals surface area (Å²) in [7, 11) is 0. The molecule has 9 heteroatoms. The van der Waals surface area contributed by atoms with Crippen LogP contribution >= 0.6 is 0 Å². The van der Waals surface area contributed by atoms with Crippen LogP contribution in [0.25, 0.3) is 11.0 Å². The van der Waals surface area contributed by atoms with Gasteiger partial charge in [0.15, 0.2) is 5.65 Å². The van der Waals surface area contributed by atoms with Crippen molar-refractivity contribution in [3.63, 3.8) is 0 Å². The van der Waals surface area contributed by atoms with Gasteiger partial charge in [0, 0.05) is 12.6 Å². The smallest absolute Gasteiger partial charge is 0.366 e. The first-order valence-corrected chi connectivity index (χ1v) is 6.67. The van der Waals surface area contributed by atoms with Gasteiger partial charge in [-0.3, -0.25) is 5.10 Å². The molecule has 116 valence electrons. The first-order valence-electron chi connectivity index (χ1n) is 6.67. The van der Waals surface area contributed by atoms with E-state index in [4.69, 9.17) is 0 Å².